The third kappa shape index (κ3) is 3.39. The first-order chi connectivity index (χ1) is 15.9. The summed E-state index contributed by atoms with van der Waals surface area (Å²) in [7, 11) is 1.78. The number of para-hydroxylation sites is 2. The molecule has 33 heavy (non-hydrogen) atoms. The van der Waals surface area contributed by atoms with E-state index in [1.807, 2.05) is 36.4 Å². The molecule has 5 rings (SSSR count). The van der Waals surface area contributed by atoms with Crippen molar-refractivity contribution in [2.45, 2.75) is 6.92 Å². The molecule has 0 N–H and O–H groups in total. The Morgan fingerprint density at radius 3 is 2.27 bits per heavy atom. The van der Waals surface area contributed by atoms with Crippen LogP contribution in [0.5, 0.6) is 0 Å². The summed E-state index contributed by atoms with van der Waals surface area (Å²) in [6, 6.07) is 21.3. The van der Waals surface area contributed by atoms with E-state index in [1.165, 1.54) is 9.25 Å². The van der Waals surface area contributed by atoms with E-state index in [0.717, 1.165) is 0 Å². The summed E-state index contributed by atoms with van der Waals surface area (Å²) < 4.78 is 4.61. The minimum Gasteiger partial charge on any atom is -0.283 e. The Bertz CT molecular complexity index is 1650. The summed E-state index contributed by atoms with van der Waals surface area (Å²) >= 11 is 12.6. The molecule has 0 bridgehead atoms. The van der Waals surface area contributed by atoms with Gasteiger partial charge in [-0.3, -0.25) is 18.8 Å². The van der Waals surface area contributed by atoms with Crippen molar-refractivity contribution in [3.05, 3.63) is 109 Å². The van der Waals surface area contributed by atoms with Crippen molar-refractivity contribution in [2.75, 3.05) is 0 Å². The Hall–Kier alpha value is -3.61. The molecule has 0 spiro atoms. The minimum absolute atomic E-state index is 0.214. The molecule has 2 heterocycles. The van der Waals surface area contributed by atoms with Gasteiger partial charge in [-0.2, -0.15) is 0 Å². The van der Waals surface area contributed by atoms with E-state index in [4.69, 9.17) is 28.2 Å². The SMILES string of the molecule is Cc1c(-n2c(-c3ccc(Cl)cc3Cl)nc3ccccc3c2=O)c(=O)n(-c2ccccc2)n1C. The lowest BCUT2D eigenvalue weighted by atomic mass is 10.1. The Balaban J connectivity index is 1.93. The van der Waals surface area contributed by atoms with E-state index in [1.54, 1.807) is 55.1 Å². The fraction of sp³-hybridized carbons (Fsp3) is 0.0800. The first kappa shape index (κ1) is 21.2. The van der Waals surface area contributed by atoms with Crippen LogP contribution >= 0.6 is 23.2 Å². The molecule has 3 aromatic carbocycles. The van der Waals surface area contributed by atoms with Crippen LogP contribution in [0.3, 0.4) is 0 Å². The summed E-state index contributed by atoms with van der Waals surface area (Å²) in [6.07, 6.45) is 0. The number of hydrogen-bond donors (Lipinski definition) is 0. The van der Waals surface area contributed by atoms with Crippen LogP contribution < -0.4 is 11.1 Å². The zero-order valence-electron chi connectivity index (χ0n) is 17.8. The molecule has 0 saturated heterocycles. The molecule has 5 aromatic rings. The Labute approximate surface area is 198 Å². The second kappa shape index (κ2) is 8.06. The quantitative estimate of drug-likeness (QED) is 0.361. The number of hydrogen-bond acceptors (Lipinski definition) is 3. The van der Waals surface area contributed by atoms with Crippen LogP contribution in [-0.2, 0) is 7.05 Å². The van der Waals surface area contributed by atoms with Crippen LogP contribution in [0.2, 0.25) is 10.0 Å². The molecule has 0 radical (unpaired) electrons. The highest BCUT2D eigenvalue weighted by molar-refractivity contribution is 6.36. The van der Waals surface area contributed by atoms with Gasteiger partial charge in [-0.1, -0.05) is 53.5 Å². The van der Waals surface area contributed by atoms with Gasteiger partial charge in [-0.15, -0.1) is 0 Å². The predicted molar refractivity (Wildman–Crippen MR) is 132 cm³/mol. The Morgan fingerprint density at radius 2 is 1.55 bits per heavy atom. The summed E-state index contributed by atoms with van der Waals surface area (Å²) in [5.41, 5.74) is 1.82. The van der Waals surface area contributed by atoms with Gasteiger partial charge in [-0.25, -0.2) is 9.67 Å². The van der Waals surface area contributed by atoms with Crippen LogP contribution in [0, 0.1) is 6.92 Å². The third-order valence-electron chi connectivity index (χ3n) is 5.70. The van der Waals surface area contributed by atoms with Gasteiger partial charge in [0.2, 0.25) is 0 Å². The molecule has 0 aliphatic rings. The maximum absolute atomic E-state index is 13.8. The first-order valence-corrected chi connectivity index (χ1v) is 11.0. The second-order valence-corrected chi connectivity index (χ2v) is 8.47. The zero-order chi connectivity index (χ0) is 23.3. The van der Waals surface area contributed by atoms with E-state index in [2.05, 4.69) is 0 Å². The van der Waals surface area contributed by atoms with E-state index in [9.17, 15) is 9.59 Å². The molecular formula is C25H18Cl2N4O2. The van der Waals surface area contributed by atoms with Crippen LogP contribution in [0.15, 0.2) is 82.4 Å². The number of rotatable bonds is 3. The lowest BCUT2D eigenvalue weighted by Crippen LogP contribution is -2.28. The molecule has 0 atom stereocenters. The fourth-order valence-electron chi connectivity index (χ4n) is 4.00. The average Bonchev–Trinajstić information content (AvgIpc) is 3.03. The Morgan fingerprint density at radius 1 is 0.848 bits per heavy atom. The molecule has 164 valence electrons. The van der Waals surface area contributed by atoms with Gasteiger partial charge in [0.25, 0.3) is 11.1 Å². The highest BCUT2D eigenvalue weighted by Crippen LogP contribution is 2.31. The van der Waals surface area contributed by atoms with Crippen molar-refractivity contribution in [1.82, 2.24) is 18.9 Å². The summed E-state index contributed by atoms with van der Waals surface area (Å²) in [4.78, 5) is 32.2. The summed E-state index contributed by atoms with van der Waals surface area (Å²) in [6.45, 7) is 1.80. The fourth-order valence-corrected chi connectivity index (χ4v) is 4.50. The average molecular weight is 477 g/mol. The van der Waals surface area contributed by atoms with Crippen LogP contribution in [-0.4, -0.2) is 18.9 Å². The smallest absolute Gasteiger partial charge is 0.283 e. The van der Waals surface area contributed by atoms with Crippen LogP contribution in [0.4, 0.5) is 0 Å². The molecule has 8 heteroatoms. The predicted octanol–water partition coefficient (Wildman–Crippen LogP) is 5.16. The number of nitrogens with zero attached hydrogens (tertiary/aromatic N) is 4. The second-order valence-electron chi connectivity index (χ2n) is 7.63. The maximum Gasteiger partial charge on any atom is 0.296 e. The van der Waals surface area contributed by atoms with Crippen molar-refractivity contribution in [3.63, 3.8) is 0 Å². The normalized spacial score (nSPS) is 11.3. The maximum atomic E-state index is 13.8. The highest BCUT2D eigenvalue weighted by atomic mass is 35.5. The topological polar surface area (TPSA) is 61.8 Å². The molecule has 0 aliphatic heterocycles. The number of fused-ring (bicyclic) bond motifs is 1. The molecule has 0 saturated carbocycles. The molecule has 6 nitrogen and oxygen atoms in total. The van der Waals surface area contributed by atoms with Crippen molar-refractivity contribution in [3.8, 4) is 22.8 Å². The summed E-state index contributed by atoms with van der Waals surface area (Å²) in [5, 5.41) is 1.19. The van der Waals surface area contributed by atoms with Crippen molar-refractivity contribution < 1.29 is 0 Å². The molecule has 0 fully saturated rings. The highest BCUT2D eigenvalue weighted by Gasteiger charge is 2.24. The van der Waals surface area contributed by atoms with Crippen molar-refractivity contribution >= 4 is 34.1 Å². The molecule has 0 aliphatic carbocycles. The molecule has 0 unspecified atom stereocenters. The van der Waals surface area contributed by atoms with Crippen LogP contribution in [0.25, 0.3) is 33.7 Å². The van der Waals surface area contributed by atoms with Gasteiger partial charge < -0.3 is 0 Å². The van der Waals surface area contributed by atoms with Crippen LogP contribution in [0.1, 0.15) is 5.69 Å². The molecular weight excluding hydrogens is 459 g/mol. The van der Waals surface area contributed by atoms with Gasteiger partial charge in [0.05, 0.1) is 27.3 Å². The Kier molecular flexibility index (Phi) is 5.19. The lowest BCUT2D eigenvalue weighted by molar-refractivity contribution is 0.630. The minimum atomic E-state index is -0.354. The van der Waals surface area contributed by atoms with Crippen molar-refractivity contribution in [1.29, 1.82) is 0 Å². The monoisotopic (exact) mass is 476 g/mol. The van der Waals surface area contributed by atoms with Gasteiger partial charge >= 0.3 is 0 Å². The largest absolute Gasteiger partial charge is 0.296 e. The van der Waals surface area contributed by atoms with Crippen molar-refractivity contribution in [2.24, 2.45) is 7.05 Å². The van der Waals surface area contributed by atoms with Gasteiger partial charge in [0.15, 0.2) is 0 Å². The first-order valence-electron chi connectivity index (χ1n) is 10.2. The number of benzene rings is 3. The third-order valence-corrected chi connectivity index (χ3v) is 6.24. The van der Waals surface area contributed by atoms with E-state index in [-0.39, 0.29) is 22.6 Å². The van der Waals surface area contributed by atoms with E-state index >= 15 is 0 Å². The summed E-state index contributed by atoms with van der Waals surface area (Å²) in [5.74, 6) is 0.270. The molecule has 2 aromatic heterocycles. The number of halogens is 2. The molecule has 0 amide bonds. The van der Waals surface area contributed by atoms with E-state index in [0.29, 0.717) is 37.9 Å². The number of aromatic nitrogens is 4. The lowest BCUT2D eigenvalue weighted by Gasteiger charge is -2.14. The zero-order valence-corrected chi connectivity index (χ0v) is 19.3. The van der Waals surface area contributed by atoms with Gasteiger partial charge in [-0.05, 0) is 49.4 Å². The van der Waals surface area contributed by atoms with Gasteiger partial charge in [0.1, 0.15) is 11.5 Å². The van der Waals surface area contributed by atoms with Gasteiger partial charge in [0, 0.05) is 17.6 Å². The van der Waals surface area contributed by atoms with E-state index < -0.39 is 0 Å². The standard InChI is InChI=1S/C25H18Cl2N4O2/c1-15-22(25(33)31(29(15)2)17-8-4-3-5-9-17)30-23(18-13-12-16(26)14-20(18)27)28-21-11-7-6-10-19(21)24(30)32/h3-14H,1-2H3.